The SMILES string of the molecule is CC(C)(C)[N+]1(CCO)CCCCCC1.CC[N+]1(C(C)(C)C)CCCCCC1.CN1CC[N+](C)(C(C)(C)C)CC1.CS(=O)(=O)[O-].[I-].[I-]. The molecule has 3 aliphatic rings. The predicted octanol–water partition coefficient (Wildman–Crippen LogP) is -0.290. The monoisotopic (exact) mass is 904 g/mol. The van der Waals surface area contributed by atoms with Crippen LogP contribution in [0, 0.1) is 0 Å². The minimum atomic E-state index is -3.92. The molecule has 3 saturated heterocycles. The molecule has 282 valence electrons. The first-order valence-corrected chi connectivity index (χ1v) is 19.5. The Morgan fingerprint density at radius 2 is 0.957 bits per heavy atom. The maximum Gasteiger partial charge on any atom is 0.103 e. The summed E-state index contributed by atoms with van der Waals surface area (Å²) in [6, 6.07) is 0. The molecule has 8 nitrogen and oxygen atoms in total. The van der Waals surface area contributed by atoms with Crippen molar-refractivity contribution in [3.63, 3.8) is 0 Å². The Labute approximate surface area is 322 Å². The molecule has 0 bridgehead atoms. The third-order valence-electron chi connectivity index (χ3n) is 11.4. The van der Waals surface area contributed by atoms with Gasteiger partial charge in [0.25, 0.3) is 0 Å². The maximum atomic E-state index is 9.22. The van der Waals surface area contributed by atoms with E-state index in [0.29, 0.717) is 23.9 Å². The first-order valence-electron chi connectivity index (χ1n) is 17.7. The molecule has 0 aliphatic carbocycles. The van der Waals surface area contributed by atoms with Gasteiger partial charge < -0.3 is 71.1 Å². The fourth-order valence-corrected chi connectivity index (χ4v) is 7.15. The summed E-state index contributed by atoms with van der Waals surface area (Å²) in [6.45, 7) is 36.5. The summed E-state index contributed by atoms with van der Waals surface area (Å²) < 4.78 is 30.9. The number of aliphatic hydroxyl groups is 1. The molecule has 0 atom stereocenters. The number of likely N-dealkylation sites (N-methyl/N-ethyl adjacent to an activating group) is 2. The van der Waals surface area contributed by atoms with Crippen molar-refractivity contribution in [3.05, 3.63) is 0 Å². The van der Waals surface area contributed by atoms with Gasteiger partial charge in [0.1, 0.15) is 6.54 Å². The summed E-state index contributed by atoms with van der Waals surface area (Å²) in [5.74, 6) is 0. The van der Waals surface area contributed by atoms with Crippen molar-refractivity contribution >= 4 is 10.1 Å². The molecule has 0 amide bonds. The summed E-state index contributed by atoms with van der Waals surface area (Å²) >= 11 is 0. The van der Waals surface area contributed by atoms with Crippen LogP contribution in [-0.4, -0.2) is 145 Å². The maximum absolute atomic E-state index is 9.22. The van der Waals surface area contributed by atoms with Crippen molar-refractivity contribution in [3.8, 4) is 0 Å². The van der Waals surface area contributed by atoms with Crippen molar-refractivity contribution in [2.45, 2.75) is 137 Å². The van der Waals surface area contributed by atoms with Gasteiger partial charge in [-0.05, 0) is 128 Å². The number of halogens is 2. The van der Waals surface area contributed by atoms with E-state index >= 15 is 0 Å². The van der Waals surface area contributed by atoms with E-state index in [1.54, 1.807) is 0 Å². The van der Waals surface area contributed by atoms with Crippen molar-refractivity contribution in [1.29, 1.82) is 0 Å². The topological polar surface area (TPSA) is 80.7 Å². The van der Waals surface area contributed by atoms with Crippen molar-refractivity contribution in [2.24, 2.45) is 0 Å². The lowest BCUT2D eigenvalue weighted by Gasteiger charge is -2.49. The lowest BCUT2D eigenvalue weighted by molar-refractivity contribution is -0.970. The minimum Gasteiger partial charge on any atom is -1.00 e. The van der Waals surface area contributed by atoms with E-state index in [0.717, 1.165) is 11.0 Å². The van der Waals surface area contributed by atoms with Crippen LogP contribution in [0.25, 0.3) is 0 Å². The van der Waals surface area contributed by atoms with Gasteiger partial charge >= 0.3 is 0 Å². The van der Waals surface area contributed by atoms with E-state index in [1.807, 2.05) is 0 Å². The standard InChI is InChI=1S/C12H26NO.C12H26N.C10H23N2.CH4O3S.2HI/c1-12(2,3)13(10-11-14)8-6-4-5-7-9-13;1-5-13(12(2,3)4)10-8-6-7-9-11-13;1-10(2,3)12(5)8-6-11(4)7-9-12;1-5(2,3)4;;/h14H,4-11H2,1-3H3;5-11H2,1-4H3;6-9H2,1-5H3;1H3,(H,2,3,4);2*1H/q3*+1;;;/p-3. The third-order valence-corrected chi connectivity index (χ3v) is 11.4. The molecule has 0 aromatic rings. The number of rotatable bonds is 3. The molecule has 3 rings (SSSR count). The van der Waals surface area contributed by atoms with Crippen LogP contribution in [0.15, 0.2) is 0 Å². The highest BCUT2D eigenvalue weighted by molar-refractivity contribution is 7.84. The van der Waals surface area contributed by atoms with E-state index in [-0.39, 0.29) is 53.5 Å². The Bertz CT molecular complexity index is 868. The number of hydrogen-bond acceptors (Lipinski definition) is 5. The van der Waals surface area contributed by atoms with Gasteiger partial charge in [-0.1, -0.05) is 0 Å². The van der Waals surface area contributed by atoms with Crippen molar-refractivity contribution in [1.82, 2.24) is 4.90 Å². The summed E-state index contributed by atoms with van der Waals surface area (Å²) in [6.07, 6.45) is 11.8. The molecule has 0 aromatic heterocycles. The molecule has 11 heteroatoms. The number of hydrogen-bond donors (Lipinski definition) is 1. The second-order valence-electron chi connectivity index (χ2n) is 17.1. The van der Waals surface area contributed by atoms with Gasteiger partial charge in [-0.2, -0.15) is 0 Å². The molecule has 0 aromatic carbocycles. The highest BCUT2D eigenvalue weighted by Crippen LogP contribution is 2.30. The number of quaternary nitrogens is 3. The van der Waals surface area contributed by atoms with Crippen molar-refractivity contribution in [2.75, 3.05) is 92.4 Å². The Balaban J connectivity index is -0.000000551. The van der Waals surface area contributed by atoms with E-state index < -0.39 is 10.1 Å². The fraction of sp³-hybridized carbons (Fsp3) is 1.00. The number of piperazine rings is 1. The van der Waals surface area contributed by atoms with Gasteiger partial charge in [-0.25, -0.2) is 8.42 Å². The normalized spacial score (nSPS) is 21.8. The van der Waals surface area contributed by atoms with E-state index in [9.17, 15) is 5.11 Å². The van der Waals surface area contributed by atoms with Crippen LogP contribution in [0.4, 0.5) is 0 Å². The van der Waals surface area contributed by atoms with Crippen LogP contribution < -0.4 is 48.0 Å². The molecule has 3 aliphatic heterocycles. The average molecular weight is 905 g/mol. The summed E-state index contributed by atoms with van der Waals surface area (Å²) in [5.41, 5.74) is 1.13. The number of likely N-dealkylation sites (tertiary alicyclic amines) is 2. The lowest BCUT2D eigenvalue weighted by Crippen LogP contribution is -3.00. The molecule has 0 saturated carbocycles. The van der Waals surface area contributed by atoms with Gasteiger partial charge in [-0.3, -0.25) is 4.90 Å². The highest BCUT2D eigenvalue weighted by atomic mass is 127. The molecule has 46 heavy (non-hydrogen) atoms. The van der Waals surface area contributed by atoms with E-state index in [2.05, 4.69) is 88.2 Å². The first-order chi connectivity index (χ1) is 19.9. The van der Waals surface area contributed by atoms with Crippen LogP contribution >= 0.6 is 0 Å². The van der Waals surface area contributed by atoms with Crippen LogP contribution in [-0.2, 0) is 10.1 Å². The smallest absolute Gasteiger partial charge is 0.103 e. The molecular weight excluding hydrogens is 826 g/mol. The molecule has 1 N–H and O–H groups in total. The van der Waals surface area contributed by atoms with Gasteiger partial charge in [0, 0.05) is 19.3 Å². The average Bonchev–Trinajstić information content (AvgIpc) is 3.27. The largest absolute Gasteiger partial charge is 1.00 e. The summed E-state index contributed by atoms with van der Waals surface area (Å²) in [4.78, 5) is 2.42. The minimum absolute atomic E-state index is 0. The van der Waals surface area contributed by atoms with Gasteiger partial charge in [-0.15, -0.1) is 0 Å². The van der Waals surface area contributed by atoms with Crippen LogP contribution in [0.5, 0.6) is 0 Å². The number of nitrogens with zero attached hydrogens (tertiary/aromatic N) is 4. The fourth-order valence-electron chi connectivity index (χ4n) is 7.15. The molecule has 3 fully saturated rings. The third kappa shape index (κ3) is 18.4. The number of aliphatic hydroxyl groups excluding tert-OH is 1. The van der Waals surface area contributed by atoms with Crippen LogP contribution in [0.3, 0.4) is 0 Å². The quantitative estimate of drug-likeness (QED) is 0.240. The zero-order valence-corrected chi connectivity index (χ0v) is 37.7. The molecular formula is C35H78I2N4O4S. The van der Waals surface area contributed by atoms with Crippen molar-refractivity contribution < 1.29 is 79.5 Å². The summed E-state index contributed by atoms with van der Waals surface area (Å²) in [7, 11) is 0.680. The zero-order chi connectivity index (χ0) is 34.5. The second-order valence-corrected chi connectivity index (χ2v) is 18.5. The molecule has 0 spiro atoms. The molecule has 3 heterocycles. The Morgan fingerprint density at radius 1 is 0.652 bits per heavy atom. The van der Waals surface area contributed by atoms with Gasteiger partial charge in [0.15, 0.2) is 0 Å². The van der Waals surface area contributed by atoms with Crippen LogP contribution in [0.1, 0.15) is 121 Å². The lowest BCUT2D eigenvalue weighted by atomic mass is 10.00. The Hall–Kier alpha value is 1.17. The molecule has 0 unspecified atom stereocenters. The Kier molecular flexibility index (Phi) is 24.9. The summed E-state index contributed by atoms with van der Waals surface area (Å²) in [5, 5.41) is 9.22. The Morgan fingerprint density at radius 3 is 1.20 bits per heavy atom. The predicted molar refractivity (Wildman–Crippen MR) is 188 cm³/mol. The van der Waals surface area contributed by atoms with Gasteiger partial charge in [0.2, 0.25) is 0 Å². The van der Waals surface area contributed by atoms with E-state index in [4.69, 9.17) is 13.0 Å². The zero-order valence-electron chi connectivity index (χ0n) is 32.6. The van der Waals surface area contributed by atoms with E-state index in [1.165, 1.54) is 119 Å². The van der Waals surface area contributed by atoms with Crippen LogP contribution in [0.2, 0.25) is 0 Å². The van der Waals surface area contributed by atoms with Gasteiger partial charge in [0.05, 0.1) is 86.2 Å². The molecule has 0 radical (unpaired) electrons. The second kappa shape index (κ2) is 22.2. The first kappa shape index (κ1) is 51.5. The highest BCUT2D eigenvalue weighted by Gasteiger charge is 2.40.